The van der Waals surface area contributed by atoms with Gasteiger partial charge in [-0.1, -0.05) is 18.5 Å². The number of hydrogen-bond donors (Lipinski definition) is 2. The minimum Gasteiger partial charge on any atom is -0.478 e. The molecule has 31 heavy (non-hydrogen) atoms. The highest BCUT2D eigenvalue weighted by Gasteiger charge is 2.23. The van der Waals surface area contributed by atoms with E-state index in [1.807, 2.05) is 18.7 Å². The monoisotopic (exact) mass is 452 g/mol. The van der Waals surface area contributed by atoms with Crippen LogP contribution in [0.5, 0.6) is 0 Å². The largest absolute Gasteiger partial charge is 0.478 e. The average molecular weight is 453 g/mol. The lowest BCUT2D eigenvalue weighted by Gasteiger charge is -2.27. The van der Waals surface area contributed by atoms with Gasteiger partial charge in [-0.2, -0.15) is 5.10 Å². The molecule has 0 unspecified atom stereocenters. The highest BCUT2D eigenvalue weighted by molar-refractivity contribution is 7.13. The third-order valence-corrected chi connectivity index (χ3v) is 6.24. The van der Waals surface area contributed by atoms with Crippen molar-refractivity contribution < 1.29 is 9.90 Å². The van der Waals surface area contributed by atoms with E-state index in [-0.39, 0.29) is 5.56 Å². The third kappa shape index (κ3) is 4.06. The summed E-state index contributed by atoms with van der Waals surface area (Å²) in [6, 6.07) is 10.8. The Morgan fingerprint density at radius 3 is 2.61 bits per heavy atom. The van der Waals surface area contributed by atoms with Crippen molar-refractivity contribution in [3.05, 3.63) is 75.4 Å². The summed E-state index contributed by atoms with van der Waals surface area (Å²) in [6.45, 7) is 6.14. The van der Waals surface area contributed by atoms with E-state index in [1.165, 1.54) is 6.07 Å². The molecule has 2 heterocycles. The fraction of sp³-hybridized carbons (Fsp3) is 0.174. The van der Waals surface area contributed by atoms with E-state index in [1.54, 1.807) is 35.7 Å². The molecule has 2 aromatic carbocycles. The molecule has 0 aliphatic carbocycles. The number of rotatable bonds is 6. The summed E-state index contributed by atoms with van der Waals surface area (Å²) < 4.78 is 0. The number of aryl methyl sites for hydroxylation is 3. The Morgan fingerprint density at radius 1 is 1.16 bits per heavy atom. The Bertz CT molecular complexity index is 1250. The van der Waals surface area contributed by atoms with Gasteiger partial charge in [-0.05, 0) is 61.7 Å². The summed E-state index contributed by atoms with van der Waals surface area (Å²) in [5, 5.41) is 20.3. The van der Waals surface area contributed by atoms with Crippen LogP contribution in [-0.4, -0.2) is 26.3 Å². The molecule has 0 bridgehead atoms. The molecule has 8 heteroatoms. The molecule has 0 aliphatic rings. The van der Waals surface area contributed by atoms with E-state index < -0.39 is 5.97 Å². The van der Waals surface area contributed by atoms with Crippen LogP contribution in [0.4, 0.5) is 17.2 Å². The van der Waals surface area contributed by atoms with Crippen LogP contribution in [0.25, 0.3) is 10.6 Å². The molecular formula is C23H21ClN4O2S. The molecule has 0 saturated carbocycles. The molecule has 0 amide bonds. The van der Waals surface area contributed by atoms with Crippen LogP contribution in [0.1, 0.15) is 34.1 Å². The number of nitrogens with one attached hydrogen (secondary N) is 1. The molecule has 0 aliphatic heterocycles. The summed E-state index contributed by atoms with van der Waals surface area (Å²) in [5.41, 5.74) is 5.64. The first-order chi connectivity index (χ1) is 14.9. The Labute approximate surface area is 189 Å². The standard InChI is InChI=1S/C23H21ClN4O2S/c1-4-16-12-31-22(26-16)17-9-14(3)20(10-13(17)2)28(21-7-8-25-27-21)19-6-5-15(24)11-18(19)23(29)30/h5-12H,4H2,1-3H3,(H,25,27)(H,29,30). The van der Waals surface area contributed by atoms with E-state index in [2.05, 4.69) is 34.6 Å². The van der Waals surface area contributed by atoms with Crippen molar-refractivity contribution in [3.8, 4) is 10.6 Å². The van der Waals surface area contributed by atoms with Crippen LogP contribution in [0.15, 0.2) is 48.0 Å². The molecule has 2 aromatic heterocycles. The smallest absolute Gasteiger partial charge is 0.337 e. The number of carboxylic acids is 1. The zero-order valence-corrected chi connectivity index (χ0v) is 18.9. The summed E-state index contributed by atoms with van der Waals surface area (Å²) in [6.07, 6.45) is 2.53. The maximum atomic E-state index is 12.0. The lowest BCUT2D eigenvalue weighted by molar-refractivity contribution is 0.0698. The fourth-order valence-electron chi connectivity index (χ4n) is 3.50. The van der Waals surface area contributed by atoms with Crippen molar-refractivity contribution >= 4 is 46.1 Å². The maximum absolute atomic E-state index is 12.0. The first kappa shape index (κ1) is 21.1. The van der Waals surface area contributed by atoms with Gasteiger partial charge in [-0.25, -0.2) is 9.78 Å². The van der Waals surface area contributed by atoms with Gasteiger partial charge in [0.15, 0.2) is 0 Å². The van der Waals surface area contributed by atoms with Crippen molar-refractivity contribution in [2.24, 2.45) is 0 Å². The van der Waals surface area contributed by atoms with E-state index in [4.69, 9.17) is 16.6 Å². The summed E-state index contributed by atoms with van der Waals surface area (Å²) >= 11 is 7.72. The van der Waals surface area contributed by atoms with Crippen molar-refractivity contribution in [3.63, 3.8) is 0 Å². The zero-order chi connectivity index (χ0) is 22.1. The minimum atomic E-state index is -1.05. The molecule has 0 radical (unpaired) electrons. The topological polar surface area (TPSA) is 82.1 Å². The predicted octanol–water partition coefficient (Wildman–Crippen LogP) is 6.53. The normalized spacial score (nSPS) is 11.0. The fourth-order valence-corrected chi connectivity index (χ4v) is 4.66. The van der Waals surface area contributed by atoms with E-state index in [9.17, 15) is 9.90 Å². The van der Waals surface area contributed by atoms with Crippen molar-refractivity contribution in [2.45, 2.75) is 27.2 Å². The van der Waals surface area contributed by atoms with Gasteiger partial charge in [0.2, 0.25) is 0 Å². The number of carboxylic acid groups (broad SMARTS) is 1. The van der Waals surface area contributed by atoms with Crippen LogP contribution in [-0.2, 0) is 6.42 Å². The Hall–Kier alpha value is -3.16. The van der Waals surface area contributed by atoms with Gasteiger partial charge in [0, 0.05) is 22.0 Å². The average Bonchev–Trinajstić information content (AvgIpc) is 3.43. The number of aromatic amines is 1. The molecule has 0 saturated heterocycles. The van der Waals surface area contributed by atoms with Crippen LogP contribution < -0.4 is 4.90 Å². The summed E-state index contributed by atoms with van der Waals surface area (Å²) in [4.78, 5) is 18.6. The highest BCUT2D eigenvalue weighted by Crippen LogP contribution is 2.41. The van der Waals surface area contributed by atoms with Crippen LogP contribution >= 0.6 is 22.9 Å². The Balaban J connectivity index is 1.90. The molecular weight excluding hydrogens is 432 g/mol. The molecule has 2 N–H and O–H groups in total. The maximum Gasteiger partial charge on any atom is 0.337 e. The van der Waals surface area contributed by atoms with Gasteiger partial charge in [0.05, 0.1) is 28.8 Å². The zero-order valence-electron chi connectivity index (χ0n) is 17.3. The van der Waals surface area contributed by atoms with Crippen molar-refractivity contribution in [1.29, 1.82) is 0 Å². The van der Waals surface area contributed by atoms with Crippen LogP contribution in [0, 0.1) is 13.8 Å². The van der Waals surface area contributed by atoms with Gasteiger partial charge in [-0.3, -0.25) is 10.00 Å². The third-order valence-electron chi connectivity index (χ3n) is 5.09. The number of aromatic nitrogens is 3. The molecule has 4 rings (SSSR count). The predicted molar refractivity (Wildman–Crippen MR) is 125 cm³/mol. The van der Waals surface area contributed by atoms with Gasteiger partial charge < -0.3 is 5.11 Å². The lowest BCUT2D eigenvalue weighted by atomic mass is 10.0. The van der Waals surface area contributed by atoms with E-state index in [0.29, 0.717) is 16.5 Å². The number of thiazole rings is 1. The van der Waals surface area contributed by atoms with E-state index >= 15 is 0 Å². The second-order valence-corrected chi connectivity index (χ2v) is 8.49. The number of nitrogens with zero attached hydrogens (tertiary/aromatic N) is 3. The first-order valence-corrected chi connectivity index (χ1v) is 11.0. The van der Waals surface area contributed by atoms with Gasteiger partial charge in [0.25, 0.3) is 0 Å². The number of anilines is 3. The molecule has 0 atom stereocenters. The summed E-state index contributed by atoms with van der Waals surface area (Å²) in [5.74, 6) is -0.398. The van der Waals surface area contributed by atoms with Gasteiger partial charge in [-0.15, -0.1) is 11.3 Å². The first-order valence-electron chi connectivity index (χ1n) is 9.77. The molecule has 6 nitrogen and oxygen atoms in total. The number of hydrogen-bond acceptors (Lipinski definition) is 5. The minimum absolute atomic E-state index is 0.107. The lowest BCUT2D eigenvalue weighted by Crippen LogP contribution is -2.16. The molecule has 0 fully saturated rings. The number of H-pyrrole nitrogens is 1. The second kappa shape index (κ2) is 8.53. The Kier molecular flexibility index (Phi) is 5.80. The van der Waals surface area contributed by atoms with Crippen LogP contribution in [0.3, 0.4) is 0 Å². The number of halogens is 1. The van der Waals surface area contributed by atoms with Crippen molar-refractivity contribution in [2.75, 3.05) is 4.90 Å². The summed E-state index contributed by atoms with van der Waals surface area (Å²) in [7, 11) is 0. The number of carbonyl (C=O) groups is 1. The Morgan fingerprint density at radius 2 is 1.97 bits per heavy atom. The quantitative estimate of drug-likeness (QED) is 0.347. The highest BCUT2D eigenvalue weighted by atomic mass is 35.5. The SMILES string of the molecule is CCc1csc(-c2cc(C)c(N(c3ccn[nH]3)c3ccc(Cl)cc3C(=O)O)cc2C)n1. The van der Waals surface area contributed by atoms with Crippen LogP contribution in [0.2, 0.25) is 5.02 Å². The molecule has 0 spiro atoms. The number of aromatic carboxylic acids is 1. The van der Waals surface area contributed by atoms with Gasteiger partial charge in [0.1, 0.15) is 10.8 Å². The number of benzene rings is 2. The molecule has 4 aromatic rings. The molecule has 158 valence electrons. The van der Waals surface area contributed by atoms with E-state index in [0.717, 1.165) is 39.5 Å². The van der Waals surface area contributed by atoms with Crippen molar-refractivity contribution in [1.82, 2.24) is 15.2 Å². The van der Waals surface area contributed by atoms with Gasteiger partial charge >= 0.3 is 5.97 Å². The second-order valence-electron chi connectivity index (χ2n) is 7.20.